The van der Waals surface area contributed by atoms with Crippen molar-refractivity contribution in [2.24, 2.45) is 0 Å². The summed E-state index contributed by atoms with van der Waals surface area (Å²) in [6, 6.07) is 11.2. The number of rotatable bonds is 7. The number of hydrogen-bond acceptors (Lipinski definition) is 4. The van der Waals surface area contributed by atoms with Gasteiger partial charge in [0.05, 0.1) is 30.0 Å². The quantitative estimate of drug-likeness (QED) is 0.667. The summed E-state index contributed by atoms with van der Waals surface area (Å²) in [6.45, 7) is 1.57. The maximum atomic E-state index is 12.4. The molecular weight excluding hydrogens is 399 g/mol. The molecule has 1 amide bonds. The van der Waals surface area contributed by atoms with Crippen molar-refractivity contribution in [2.45, 2.75) is 25.3 Å². The molecule has 0 radical (unpaired) electrons. The van der Waals surface area contributed by atoms with Crippen molar-refractivity contribution < 1.29 is 14.3 Å². The summed E-state index contributed by atoms with van der Waals surface area (Å²) in [5.41, 5.74) is 1.55. The van der Waals surface area contributed by atoms with Gasteiger partial charge in [0.2, 0.25) is 5.91 Å². The first-order chi connectivity index (χ1) is 13.5. The van der Waals surface area contributed by atoms with Crippen molar-refractivity contribution in [3.63, 3.8) is 0 Å². The third-order valence-corrected chi connectivity index (χ3v) is 5.64. The van der Waals surface area contributed by atoms with Gasteiger partial charge in [-0.2, -0.15) is 0 Å². The molecule has 150 valence electrons. The summed E-state index contributed by atoms with van der Waals surface area (Å²) in [6.07, 6.45) is 2.44. The van der Waals surface area contributed by atoms with Crippen LogP contribution in [0.5, 0.6) is 11.5 Å². The average Bonchev–Trinajstić information content (AvgIpc) is 3.17. The molecule has 3 rings (SSSR count). The van der Waals surface area contributed by atoms with Crippen LogP contribution >= 0.6 is 23.2 Å². The summed E-state index contributed by atoms with van der Waals surface area (Å²) in [7, 11) is 3.33. The van der Waals surface area contributed by atoms with Gasteiger partial charge in [-0.1, -0.05) is 29.3 Å². The Kier molecular flexibility index (Phi) is 7.05. The Morgan fingerprint density at radius 2 is 1.93 bits per heavy atom. The normalized spacial score (nSPS) is 16.8. The fourth-order valence-corrected chi connectivity index (χ4v) is 4.10. The van der Waals surface area contributed by atoms with Gasteiger partial charge in [-0.3, -0.25) is 9.69 Å². The SMILES string of the molecule is COc1ccc(OC)c(C2CCCN2CCC(=O)Nc2c(Cl)cccc2Cl)c1. The smallest absolute Gasteiger partial charge is 0.225 e. The molecule has 1 saturated heterocycles. The minimum absolute atomic E-state index is 0.113. The maximum absolute atomic E-state index is 12.4. The van der Waals surface area contributed by atoms with Crippen molar-refractivity contribution in [2.75, 3.05) is 32.6 Å². The molecule has 5 nitrogen and oxygen atoms in total. The van der Waals surface area contributed by atoms with Crippen molar-refractivity contribution in [1.82, 2.24) is 4.90 Å². The predicted molar refractivity (Wildman–Crippen MR) is 113 cm³/mol. The number of benzene rings is 2. The standard InChI is InChI=1S/C21H24Cl2N2O3/c1-27-14-8-9-19(28-2)15(13-14)18-7-4-11-25(18)12-10-20(26)24-21-16(22)5-3-6-17(21)23/h3,5-6,8-9,13,18H,4,7,10-12H2,1-2H3,(H,24,26). The van der Waals surface area contributed by atoms with Crippen LogP contribution in [0.25, 0.3) is 0 Å². The third kappa shape index (κ3) is 4.72. The second kappa shape index (κ2) is 9.50. The highest BCUT2D eigenvalue weighted by Crippen LogP contribution is 2.39. The molecule has 1 N–H and O–H groups in total. The van der Waals surface area contributed by atoms with E-state index in [0.717, 1.165) is 36.4 Å². The molecule has 1 fully saturated rings. The first kappa shape index (κ1) is 20.8. The predicted octanol–water partition coefficient (Wildman–Crippen LogP) is 5.18. The van der Waals surface area contributed by atoms with Crippen LogP contribution in [0.15, 0.2) is 36.4 Å². The first-order valence-electron chi connectivity index (χ1n) is 9.23. The summed E-state index contributed by atoms with van der Waals surface area (Å²) >= 11 is 12.3. The largest absolute Gasteiger partial charge is 0.497 e. The van der Waals surface area contributed by atoms with Gasteiger partial charge in [0, 0.05) is 24.6 Å². The number of likely N-dealkylation sites (tertiary alicyclic amines) is 1. The van der Waals surface area contributed by atoms with Gasteiger partial charge in [0.15, 0.2) is 0 Å². The van der Waals surface area contributed by atoms with E-state index < -0.39 is 0 Å². The van der Waals surface area contributed by atoms with Crippen LogP contribution in [0.2, 0.25) is 10.0 Å². The van der Waals surface area contributed by atoms with Gasteiger partial charge in [0.25, 0.3) is 0 Å². The summed E-state index contributed by atoms with van der Waals surface area (Å²) < 4.78 is 10.9. The fraction of sp³-hybridized carbons (Fsp3) is 0.381. The van der Waals surface area contributed by atoms with E-state index in [4.69, 9.17) is 32.7 Å². The molecule has 1 unspecified atom stereocenters. The zero-order chi connectivity index (χ0) is 20.1. The highest BCUT2D eigenvalue weighted by molar-refractivity contribution is 6.39. The maximum Gasteiger partial charge on any atom is 0.225 e. The fourth-order valence-electron chi connectivity index (χ4n) is 3.61. The van der Waals surface area contributed by atoms with Gasteiger partial charge >= 0.3 is 0 Å². The van der Waals surface area contributed by atoms with Crippen LogP contribution in [0.1, 0.15) is 30.9 Å². The molecule has 2 aromatic rings. The second-order valence-electron chi connectivity index (χ2n) is 6.70. The van der Waals surface area contributed by atoms with E-state index in [1.54, 1.807) is 32.4 Å². The Labute approximate surface area is 175 Å². The summed E-state index contributed by atoms with van der Waals surface area (Å²) in [4.78, 5) is 14.8. The lowest BCUT2D eigenvalue weighted by molar-refractivity contribution is -0.116. The molecule has 0 spiro atoms. The number of hydrogen-bond donors (Lipinski definition) is 1. The van der Waals surface area contributed by atoms with E-state index in [2.05, 4.69) is 10.2 Å². The van der Waals surface area contributed by atoms with E-state index in [-0.39, 0.29) is 11.9 Å². The van der Waals surface area contributed by atoms with Crippen LogP contribution in [0.4, 0.5) is 5.69 Å². The van der Waals surface area contributed by atoms with E-state index in [0.29, 0.717) is 28.7 Å². The Hall–Kier alpha value is -1.95. The lowest BCUT2D eigenvalue weighted by Gasteiger charge is -2.26. The Balaban J connectivity index is 1.67. The second-order valence-corrected chi connectivity index (χ2v) is 7.51. The topological polar surface area (TPSA) is 50.8 Å². The molecule has 7 heteroatoms. The number of para-hydroxylation sites is 1. The number of carbonyl (C=O) groups excluding carboxylic acids is 1. The summed E-state index contributed by atoms with van der Waals surface area (Å²) in [5, 5.41) is 3.69. The molecule has 2 aromatic carbocycles. The number of amides is 1. The van der Waals surface area contributed by atoms with Crippen molar-refractivity contribution in [1.29, 1.82) is 0 Å². The number of halogens is 2. The molecule has 0 aliphatic carbocycles. The highest BCUT2D eigenvalue weighted by Gasteiger charge is 2.29. The lowest BCUT2D eigenvalue weighted by atomic mass is 10.0. The molecule has 1 aliphatic heterocycles. The zero-order valence-corrected chi connectivity index (χ0v) is 17.5. The monoisotopic (exact) mass is 422 g/mol. The number of carbonyl (C=O) groups is 1. The number of nitrogens with zero attached hydrogens (tertiary/aromatic N) is 1. The molecule has 0 aromatic heterocycles. The van der Waals surface area contributed by atoms with E-state index in [9.17, 15) is 4.79 Å². The Morgan fingerprint density at radius 3 is 2.61 bits per heavy atom. The Bertz CT molecular complexity index is 824. The third-order valence-electron chi connectivity index (χ3n) is 5.01. The summed E-state index contributed by atoms with van der Waals surface area (Å²) in [5.74, 6) is 1.53. The van der Waals surface area contributed by atoms with Gasteiger partial charge in [-0.05, 0) is 49.7 Å². The average molecular weight is 423 g/mol. The molecule has 28 heavy (non-hydrogen) atoms. The molecule has 1 aliphatic rings. The van der Waals surface area contributed by atoms with Crippen molar-refractivity contribution in [3.05, 3.63) is 52.0 Å². The Morgan fingerprint density at radius 1 is 1.18 bits per heavy atom. The number of anilines is 1. The minimum atomic E-state index is -0.113. The molecule has 1 heterocycles. The molecular formula is C21H24Cl2N2O3. The van der Waals surface area contributed by atoms with Gasteiger partial charge in [-0.25, -0.2) is 0 Å². The van der Waals surface area contributed by atoms with Gasteiger partial charge in [-0.15, -0.1) is 0 Å². The van der Waals surface area contributed by atoms with Gasteiger partial charge in [0.1, 0.15) is 11.5 Å². The van der Waals surface area contributed by atoms with Gasteiger partial charge < -0.3 is 14.8 Å². The minimum Gasteiger partial charge on any atom is -0.497 e. The van der Waals surface area contributed by atoms with Crippen LogP contribution in [0.3, 0.4) is 0 Å². The number of ether oxygens (including phenoxy) is 2. The first-order valence-corrected chi connectivity index (χ1v) is 9.99. The highest BCUT2D eigenvalue weighted by atomic mass is 35.5. The van der Waals surface area contributed by atoms with Crippen LogP contribution in [0, 0.1) is 0 Å². The van der Waals surface area contributed by atoms with Crippen molar-refractivity contribution >= 4 is 34.8 Å². The van der Waals surface area contributed by atoms with Crippen molar-refractivity contribution in [3.8, 4) is 11.5 Å². The lowest BCUT2D eigenvalue weighted by Crippen LogP contribution is -2.28. The number of nitrogens with one attached hydrogen (secondary N) is 1. The molecule has 0 saturated carbocycles. The van der Waals surface area contributed by atoms with Crippen LogP contribution < -0.4 is 14.8 Å². The van der Waals surface area contributed by atoms with E-state index >= 15 is 0 Å². The number of methoxy groups -OCH3 is 2. The van der Waals surface area contributed by atoms with E-state index in [1.807, 2.05) is 18.2 Å². The zero-order valence-electron chi connectivity index (χ0n) is 16.0. The van der Waals surface area contributed by atoms with Crippen LogP contribution in [-0.4, -0.2) is 38.1 Å². The van der Waals surface area contributed by atoms with Crippen LogP contribution in [-0.2, 0) is 4.79 Å². The van der Waals surface area contributed by atoms with E-state index in [1.165, 1.54) is 0 Å². The molecule has 0 bridgehead atoms. The molecule has 1 atom stereocenters.